The average molecular weight is 354 g/mol. The third kappa shape index (κ3) is 2.30. The highest BCUT2D eigenvalue weighted by atomic mass is 79.9. The lowest BCUT2D eigenvalue weighted by molar-refractivity contribution is 1.05. The molecule has 2 aromatic rings. The lowest BCUT2D eigenvalue weighted by Gasteiger charge is -2.04. The fourth-order valence-corrected chi connectivity index (χ4v) is 2.72. The number of aromatic nitrogens is 2. The molecule has 3 rings (SSSR count). The summed E-state index contributed by atoms with van der Waals surface area (Å²) >= 11 is 21.0. The predicted molar refractivity (Wildman–Crippen MR) is 75.0 cm³/mol. The summed E-state index contributed by atoms with van der Waals surface area (Å²) in [5, 5.41) is 0. The Morgan fingerprint density at radius 1 is 1.29 bits per heavy atom. The van der Waals surface area contributed by atoms with Gasteiger partial charge in [-0.05, 0) is 52.4 Å². The van der Waals surface area contributed by atoms with Gasteiger partial charge in [0.15, 0.2) is 5.82 Å². The summed E-state index contributed by atoms with van der Waals surface area (Å²) in [6, 6.07) is 4.19. The molecule has 1 heterocycles. The van der Waals surface area contributed by atoms with E-state index in [1.165, 1.54) is 18.4 Å². The van der Waals surface area contributed by atoms with E-state index in [0.717, 1.165) is 15.5 Å². The second kappa shape index (κ2) is 4.02. The van der Waals surface area contributed by atoms with E-state index in [9.17, 15) is 0 Å². The summed E-state index contributed by atoms with van der Waals surface area (Å²) in [6.45, 7) is 0. The van der Waals surface area contributed by atoms with Gasteiger partial charge in [0.25, 0.3) is 0 Å². The minimum absolute atomic E-state index is 0.353. The van der Waals surface area contributed by atoms with Crippen molar-refractivity contribution in [2.24, 2.45) is 0 Å². The molecule has 6 heteroatoms. The summed E-state index contributed by atoms with van der Waals surface area (Å²) in [7, 11) is 0. The molecular weight excluding hydrogens is 346 g/mol. The Balaban J connectivity index is 2.17. The average Bonchev–Trinajstić information content (AvgIpc) is 2.96. The Morgan fingerprint density at radius 2 is 2.00 bits per heavy atom. The second-order valence-electron chi connectivity index (χ2n) is 4.26. The smallest absolute Gasteiger partial charge is 0.248 e. The molecule has 1 N–H and O–H groups in total. The largest absolute Gasteiger partial charge is 0.338 e. The van der Waals surface area contributed by atoms with Crippen molar-refractivity contribution in [3.8, 4) is 0 Å². The molecule has 1 saturated carbocycles. The zero-order valence-electron chi connectivity index (χ0n) is 8.61. The molecule has 0 spiro atoms. The second-order valence-corrected chi connectivity index (χ2v) is 7.39. The van der Waals surface area contributed by atoms with Gasteiger partial charge in [0, 0.05) is 4.47 Å². The first kappa shape index (κ1) is 12.1. The standard InChI is InChI=1S/C11H8BrCl3N2/c12-7-3-6(5-1-2-5)4-8-9(7)17-10(16-8)11(13,14)15/h3-5H,1-2H2,(H,16,17). The summed E-state index contributed by atoms with van der Waals surface area (Å²) in [5.41, 5.74) is 3.02. The Kier molecular flexibility index (Phi) is 2.86. The molecule has 17 heavy (non-hydrogen) atoms. The maximum Gasteiger partial charge on any atom is 0.248 e. The van der Waals surface area contributed by atoms with Crippen molar-refractivity contribution < 1.29 is 0 Å². The molecule has 90 valence electrons. The first-order valence-electron chi connectivity index (χ1n) is 5.21. The van der Waals surface area contributed by atoms with Crippen molar-refractivity contribution in [3.63, 3.8) is 0 Å². The number of rotatable bonds is 1. The van der Waals surface area contributed by atoms with Gasteiger partial charge in [-0.1, -0.05) is 34.8 Å². The van der Waals surface area contributed by atoms with Crippen LogP contribution in [0.25, 0.3) is 11.0 Å². The number of imidazole rings is 1. The van der Waals surface area contributed by atoms with Gasteiger partial charge in [0.05, 0.1) is 5.52 Å². The number of hydrogen-bond donors (Lipinski definition) is 1. The Bertz CT molecular complexity index is 584. The number of benzene rings is 1. The van der Waals surface area contributed by atoms with E-state index in [1.54, 1.807) is 0 Å². The van der Waals surface area contributed by atoms with Crippen LogP contribution in [0, 0.1) is 0 Å². The van der Waals surface area contributed by atoms with E-state index in [2.05, 4.69) is 38.0 Å². The van der Waals surface area contributed by atoms with Gasteiger partial charge in [0.2, 0.25) is 3.79 Å². The van der Waals surface area contributed by atoms with Crippen molar-refractivity contribution in [1.29, 1.82) is 0 Å². The third-order valence-electron chi connectivity index (χ3n) is 2.88. The van der Waals surface area contributed by atoms with Crippen LogP contribution in [0.1, 0.15) is 30.1 Å². The molecule has 0 saturated heterocycles. The number of hydrogen-bond acceptors (Lipinski definition) is 1. The monoisotopic (exact) mass is 352 g/mol. The SMILES string of the molecule is ClC(Cl)(Cl)c1nc2c(Br)cc(C3CC3)cc2[nH]1. The first-order valence-corrected chi connectivity index (χ1v) is 7.14. The molecule has 0 atom stereocenters. The number of nitrogens with zero attached hydrogens (tertiary/aromatic N) is 1. The highest BCUT2D eigenvalue weighted by molar-refractivity contribution is 9.10. The summed E-state index contributed by atoms with van der Waals surface area (Å²) in [5.74, 6) is 1.03. The van der Waals surface area contributed by atoms with E-state index in [-0.39, 0.29) is 0 Å². The number of aromatic amines is 1. The molecule has 1 aromatic carbocycles. The summed E-state index contributed by atoms with van der Waals surface area (Å²) < 4.78 is -0.577. The van der Waals surface area contributed by atoms with Gasteiger partial charge in [0.1, 0.15) is 5.52 Å². The summed E-state index contributed by atoms with van der Waals surface area (Å²) in [4.78, 5) is 7.37. The lowest BCUT2D eigenvalue weighted by atomic mass is 10.1. The van der Waals surface area contributed by atoms with Crippen LogP contribution in [-0.4, -0.2) is 9.97 Å². The molecule has 0 aliphatic heterocycles. The zero-order valence-corrected chi connectivity index (χ0v) is 12.5. The maximum atomic E-state index is 5.82. The van der Waals surface area contributed by atoms with E-state index in [4.69, 9.17) is 34.8 Å². The fourth-order valence-electron chi connectivity index (χ4n) is 1.88. The van der Waals surface area contributed by atoms with Crippen LogP contribution in [0.2, 0.25) is 0 Å². The first-order chi connectivity index (χ1) is 7.95. The molecule has 1 aliphatic carbocycles. The minimum Gasteiger partial charge on any atom is -0.338 e. The third-order valence-corrected chi connectivity index (χ3v) is 4.02. The highest BCUT2D eigenvalue weighted by Gasteiger charge is 2.29. The molecule has 1 fully saturated rings. The van der Waals surface area contributed by atoms with Crippen LogP contribution in [0.4, 0.5) is 0 Å². The van der Waals surface area contributed by atoms with Crippen molar-refractivity contribution in [3.05, 3.63) is 28.0 Å². The van der Waals surface area contributed by atoms with Gasteiger partial charge in [-0.2, -0.15) is 0 Å². The molecule has 0 unspecified atom stereocenters. The van der Waals surface area contributed by atoms with Gasteiger partial charge in [-0.15, -0.1) is 0 Å². The Hall–Kier alpha value is 0.0400. The number of alkyl halides is 3. The number of H-pyrrole nitrogens is 1. The molecule has 0 radical (unpaired) electrons. The van der Waals surface area contributed by atoms with Crippen LogP contribution in [0.3, 0.4) is 0 Å². The van der Waals surface area contributed by atoms with Crippen molar-refractivity contribution in [1.82, 2.24) is 9.97 Å². The van der Waals surface area contributed by atoms with Gasteiger partial charge in [-0.25, -0.2) is 4.98 Å². The van der Waals surface area contributed by atoms with Gasteiger partial charge in [-0.3, -0.25) is 0 Å². The van der Waals surface area contributed by atoms with Crippen LogP contribution in [0.5, 0.6) is 0 Å². The van der Waals surface area contributed by atoms with Crippen LogP contribution in [-0.2, 0) is 3.79 Å². The molecule has 0 bridgehead atoms. The van der Waals surface area contributed by atoms with E-state index in [0.29, 0.717) is 11.7 Å². The highest BCUT2D eigenvalue weighted by Crippen LogP contribution is 2.43. The Morgan fingerprint density at radius 3 is 2.59 bits per heavy atom. The fraction of sp³-hybridized carbons (Fsp3) is 0.364. The Labute approximate surface area is 122 Å². The topological polar surface area (TPSA) is 28.7 Å². The number of nitrogens with one attached hydrogen (secondary N) is 1. The molecule has 1 aromatic heterocycles. The van der Waals surface area contributed by atoms with E-state index >= 15 is 0 Å². The predicted octanol–water partition coefficient (Wildman–Crippen LogP) is 5.03. The normalized spacial score (nSPS) is 16.7. The minimum atomic E-state index is -1.52. The molecule has 2 nitrogen and oxygen atoms in total. The van der Waals surface area contributed by atoms with E-state index in [1.807, 2.05) is 0 Å². The van der Waals surface area contributed by atoms with Crippen LogP contribution >= 0.6 is 50.7 Å². The number of fused-ring (bicyclic) bond motifs is 1. The van der Waals surface area contributed by atoms with Crippen molar-refractivity contribution in [2.75, 3.05) is 0 Å². The molecule has 0 amide bonds. The van der Waals surface area contributed by atoms with Crippen molar-refractivity contribution >= 4 is 61.8 Å². The van der Waals surface area contributed by atoms with Crippen LogP contribution in [0.15, 0.2) is 16.6 Å². The quantitative estimate of drug-likeness (QED) is 0.715. The lowest BCUT2D eigenvalue weighted by Crippen LogP contribution is -2.02. The van der Waals surface area contributed by atoms with Gasteiger partial charge < -0.3 is 4.98 Å². The van der Waals surface area contributed by atoms with E-state index < -0.39 is 3.79 Å². The number of halogens is 4. The van der Waals surface area contributed by atoms with Gasteiger partial charge >= 0.3 is 0 Å². The maximum absolute atomic E-state index is 5.82. The zero-order chi connectivity index (χ0) is 12.2. The van der Waals surface area contributed by atoms with Crippen molar-refractivity contribution in [2.45, 2.75) is 22.6 Å². The molecular formula is C11H8BrCl3N2. The van der Waals surface area contributed by atoms with Crippen LogP contribution < -0.4 is 0 Å². The summed E-state index contributed by atoms with van der Waals surface area (Å²) in [6.07, 6.45) is 2.51. The molecule has 1 aliphatic rings.